The first-order valence-corrected chi connectivity index (χ1v) is 7.87. The van der Waals surface area contributed by atoms with Gasteiger partial charge in [-0.3, -0.25) is 5.43 Å². The van der Waals surface area contributed by atoms with Gasteiger partial charge in [-0.15, -0.1) is 0 Å². The number of nitrogens with one attached hydrogen (secondary N) is 2. The Morgan fingerprint density at radius 3 is 2.65 bits per heavy atom. The smallest absolute Gasteiger partial charge is 0.191 e. The number of hydrogen-bond donors (Lipinski definition) is 2. The zero-order chi connectivity index (χ0) is 16.8. The lowest BCUT2D eigenvalue weighted by Gasteiger charge is -2.11. The number of nitrogens with zero attached hydrogens (tertiary/aromatic N) is 1. The second-order valence-electron chi connectivity index (χ2n) is 4.59. The molecule has 120 valence electrons. The zero-order valence-electron chi connectivity index (χ0n) is 12.6. The van der Waals surface area contributed by atoms with Crippen LogP contribution in [0, 0.1) is 0 Å². The van der Waals surface area contributed by atoms with Crippen LogP contribution < -0.4 is 15.5 Å². The molecule has 0 atom stereocenters. The third-order valence-corrected chi connectivity index (χ3v) is 3.76. The van der Waals surface area contributed by atoms with Crippen LogP contribution in [0.3, 0.4) is 0 Å². The van der Waals surface area contributed by atoms with E-state index in [1.807, 2.05) is 31.2 Å². The topological polar surface area (TPSA) is 45.6 Å². The molecule has 7 heteroatoms. The van der Waals surface area contributed by atoms with Crippen molar-refractivity contribution in [2.24, 2.45) is 5.10 Å². The van der Waals surface area contributed by atoms with E-state index >= 15 is 0 Å². The maximum Gasteiger partial charge on any atom is 0.191 e. The Morgan fingerprint density at radius 1 is 1.17 bits per heavy atom. The second kappa shape index (κ2) is 8.15. The van der Waals surface area contributed by atoms with Crippen LogP contribution in [0.4, 0.5) is 5.69 Å². The standard InChI is InChI=1S/C16H15Cl2N3OS/c1-10(12-9-11(17)7-8-13(12)18)20-21-16(23)19-14-5-3-4-6-15(14)22-2/h3-9H,1-2H3,(H2,19,21,23)/b20-10-. The van der Waals surface area contributed by atoms with Crippen LogP contribution in [0.2, 0.25) is 10.0 Å². The highest BCUT2D eigenvalue weighted by molar-refractivity contribution is 7.80. The van der Waals surface area contributed by atoms with Gasteiger partial charge in [0.05, 0.1) is 18.5 Å². The summed E-state index contributed by atoms with van der Waals surface area (Å²) in [6.45, 7) is 1.82. The second-order valence-corrected chi connectivity index (χ2v) is 5.84. The molecule has 0 fully saturated rings. The van der Waals surface area contributed by atoms with Crippen LogP contribution in [0.5, 0.6) is 5.75 Å². The van der Waals surface area contributed by atoms with Gasteiger partial charge in [-0.05, 0) is 49.5 Å². The molecule has 0 unspecified atom stereocenters. The summed E-state index contributed by atoms with van der Waals surface area (Å²) < 4.78 is 5.25. The highest BCUT2D eigenvalue weighted by Crippen LogP contribution is 2.23. The van der Waals surface area contributed by atoms with Gasteiger partial charge in [-0.25, -0.2) is 0 Å². The summed E-state index contributed by atoms with van der Waals surface area (Å²) in [5, 5.41) is 8.75. The van der Waals surface area contributed by atoms with E-state index in [-0.39, 0.29) is 0 Å². The molecule has 2 rings (SSSR count). The molecule has 0 radical (unpaired) electrons. The van der Waals surface area contributed by atoms with Gasteiger partial charge < -0.3 is 10.1 Å². The van der Waals surface area contributed by atoms with Crippen molar-refractivity contribution in [2.75, 3.05) is 12.4 Å². The molecule has 0 aromatic heterocycles. The van der Waals surface area contributed by atoms with Crippen molar-refractivity contribution in [3.8, 4) is 5.75 Å². The number of rotatable bonds is 4. The van der Waals surface area contributed by atoms with Crippen molar-refractivity contribution in [1.82, 2.24) is 5.43 Å². The fraction of sp³-hybridized carbons (Fsp3) is 0.125. The van der Waals surface area contributed by atoms with Crippen LogP contribution in [-0.2, 0) is 0 Å². The SMILES string of the molecule is COc1ccccc1NC(=S)N/N=C(/C)c1cc(Cl)ccc1Cl. The van der Waals surface area contributed by atoms with E-state index in [1.165, 1.54) is 0 Å². The van der Waals surface area contributed by atoms with Gasteiger partial charge in [0.2, 0.25) is 0 Å². The molecule has 0 saturated carbocycles. The lowest BCUT2D eigenvalue weighted by atomic mass is 10.1. The van der Waals surface area contributed by atoms with Gasteiger partial charge in [0, 0.05) is 15.6 Å². The highest BCUT2D eigenvalue weighted by Gasteiger charge is 2.06. The third-order valence-electron chi connectivity index (χ3n) is 3.00. The molecule has 2 aromatic rings. The predicted octanol–water partition coefficient (Wildman–Crippen LogP) is 4.71. The van der Waals surface area contributed by atoms with E-state index in [0.29, 0.717) is 26.6 Å². The largest absolute Gasteiger partial charge is 0.495 e. The van der Waals surface area contributed by atoms with E-state index in [9.17, 15) is 0 Å². The van der Waals surface area contributed by atoms with Gasteiger partial charge in [0.25, 0.3) is 0 Å². The summed E-state index contributed by atoms with van der Waals surface area (Å²) >= 11 is 17.3. The Bertz CT molecular complexity index is 750. The molecule has 2 aromatic carbocycles. The molecule has 0 amide bonds. The predicted molar refractivity (Wildman–Crippen MR) is 101 cm³/mol. The number of halogens is 2. The van der Waals surface area contributed by atoms with Crippen LogP contribution in [-0.4, -0.2) is 17.9 Å². The number of hydrogen-bond acceptors (Lipinski definition) is 3. The minimum atomic E-state index is 0.340. The Balaban J connectivity index is 2.07. The van der Waals surface area contributed by atoms with Crippen molar-refractivity contribution in [3.63, 3.8) is 0 Å². The summed E-state index contributed by atoms with van der Waals surface area (Å²) in [5.41, 5.74) is 4.94. The molecule has 23 heavy (non-hydrogen) atoms. The molecule has 0 saturated heterocycles. The summed E-state index contributed by atoms with van der Waals surface area (Å²) in [6.07, 6.45) is 0. The Morgan fingerprint density at radius 2 is 1.91 bits per heavy atom. The maximum absolute atomic E-state index is 6.14. The van der Waals surface area contributed by atoms with Crippen molar-refractivity contribution >= 4 is 51.9 Å². The third kappa shape index (κ3) is 4.82. The minimum absolute atomic E-state index is 0.340. The summed E-state index contributed by atoms with van der Waals surface area (Å²) in [7, 11) is 1.60. The molecule has 0 aliphatic rings. The molecule has 4 nitrogen and oxygen atoms in total. The average Bonchev–Trinajstić information content (AvgIpc) is 2.55. The van der Waals surface area contributed by atoms with Crippen LogP contribution in [0.25, 0.3) is 0 Å². The Labute approximate surface area is 150 Å². The zero-order valence-corrected chi connectivity index (χ0v) is 14.9. The fourth-order valence-corrected chi connectivity index (χ4v) is 2.45. The number of thiocarbonyl (C=S) groups is 1. The molecule has 0 bridgehead atoms. The molecule has 0 aliphatic carbocycles. The summed E-state index contributed by atoms with van der Waals surface area (Å²) in [5.74, 6) is 0.690. The van der Waals surface area contributed by atoms with Crippen molar-refractivity contribution in [3.05, 3.63) is 58.1 Å². The average molecular weight is 368 g/mol. The van der Waals surface area contributed by atoms with E-state index in [0.717, 1.165) is 11.3 Å². The van der Waals surface area contributed by atoms with Crippen LogP contribution in [0.15, 0.2) is 47.6 Å². The quantitative estimate of drug-likeness (QED) is 0.466. The molecule has 0 aliphatic heterocycles. The van der Waals surface area contributed by atoms with Crippen molar-refractivity contribution in [1.29, 1.82) is 0 Å². The number of ether oxygens (including phenoxy) is 1. The first-order valence-electron chi connectivity index (χ1n) is 6.71. The van der Waals surface area contributed by atoms with Crippen LogP contribution >= 0.6 is 35.4 Å². The summed E-state index contributed by atoms with van der Waals surface area (Å²) in [6, 6.07) is 12.7. The van der Waals surface area contributed by atoms with Gasteiger partial charge in [0.1, 0.15) is 5.75 Å². The molecular weight excluding hydrogens is 353 g/mol. The van der Waals surface area contributed by atoms with Gasteiger partial charge in [-0.2, -0.15) is 5.10 Å². The fourth-order valence-electron chi connectivity index (χ4n) is 1.87. The van der Waals surface area contributed by atoms with Crippen molar-refractivity contribution in [2.45, 2.75) is 6.92 Å². The number of anilines is 1. The highest BCUT2D eigenvalue weighted by atomic mass is 35.5. The molecule has 0 spiro atoms. The summed E-state index contributed by atoms with van der Waals surface area (Å²) in [4.78, 5) is 0. The van der Waals surface area contributed by atoms with Crippen LogP contribution in [0.1, 0.15) is 12.5 Å². The number of hydrazone groups is 1. The lowest BCUT2D eigenvalue weighted by molar-refractivity contribution is 0.417. The monoisotopic (exact) mass is 367 g/mol. The maximum atomic E-state index is 6.14. The lowest BCUT2D eigenvalue weighted by Crippen LogP contribution is -2.25. The van der Waals surface area contributed by atoms with E-state index in [2.05, 4.69) is 15.8 Å². The van der Waals surface area contributed by atoms with E-state index < -0.39 is 0 Å². The van der Waals surface area contributed by atoms with Gasteiger partial charge >= 0.3 is 0 Å². The number of benzene rings is 2. The molecular formula is C16H15Cl2N3OS. The number of methoxy groups -OCH3 is 1. The molecule has 0 heterocycles. The Kier molecular flexibility index (Phi) is 6.21. The number of para-hydroxylation sites is 2. The van der Waals surface area contributed by atoms with Gasteiger partial charge in [-0.1, -0.05) is 35.3 Å². The van der Waals surface area contributed by atoms with E-state index in [1.54, 1.807) is 25.3 Å². The molecule has 2 N–H and O–H groups in total. The first kappa shape index (κ1) is 17.5. The Hall–Kier alpha value is -1.82. The van der Waals surface area contributed by atoms with Crippen molar-refractivity contribution < 1.29 is 4.74 Å². The first-order chi connectivity index (χ1) is 11.0. The normalized spacial score (nSPS) is 11.0. The van der Waals surface area contributed by atoms with E-state index in [4.69, 9.17) is 40.2 Å². The minimum Gasteiger partial charge on any atom is -0.495 e. The van der Waals surface area contributed by atoms with Gasteiger partial charge in [0.15, 0.2) is 5.11 Å².